The van der Waals surface area contributed by atoms with Gasteiger partial charge in [0.25, 0.3) is 0 Å². The molecule has 1 aliphatic heterocycles. The van der Waals surface area contributed by atoms with E-state index in [1.807, 2.05) is 6.92 Å². The number of aromatic nitrogens is 2. The standard InChI is InChI=1S/C12H15N3O/c1-3-10-11(4-2)13-9-14-12(10)15-5-7-16-8-6-15/h1,9H,4-8H2,2H3. The highest BCUT2D eigenvalue weighted by Crippen LogP contribution is 2.20. The van der Waals surface area contributed by atoms with Crippen molar-refractivity contribution < 1.29 is 4.74 Å². The van der Waals surface area contributed by atoms with Crippen LogP contribution in [0.2, 0.25) is 0 Å². The third kappa shape index (κ3) is 2.00. The number of aryl methyl sites for hydroxylation is 1. The van der Waals surface area contributed by atoms with Gasteiger partial charge in [-0.25, -0.2) is 9.97 Å². The van der Waals surface area contributed by atoms with Crippen molar-refractivity contribution in [1.29, 1.82) is 0 Å². The summed E-state index contributed by atoms with van der Waals surface area (Å²) in [6.07, 6.45) is 7.97. The predicted molar refractivity (Wildman–Crippen MR) is 62.4 cm³/mol. The van der Waals surface area contributed by atoms with E-state index in [0.29, 0.717) is 0 Å². The lowest BCUT2D eigenvalue weighted by Crippen LogP contribution is -2.37. The van der Waals surface area contributed by atoms with Gasteiger partial charge in [-0.3, -0.25) is 0 Å². The van der Waals surface area contributed by atoms with Gasteiger partial charge in [0.15, 0.2) is 0 Å². The van der Waals surface area contributed by atoms with Gasteiger partial charge in [0.05, 0.1) is 24.5 Å². The molecule has 0 aromatic carbocycles. The molecule has 0 atom stereocenters. The second kappa shape index (κ2) is 4.95. The van der Waals surface area contributed by atoms with Crippen LogP contribution in [-0.2, 0) is 11.2 Å². The smallest absolute Gasteiger partial charge is 0.148 e. The predicted octanol–water partition coefficient (Wildman–Crippen LogP) is 0.857. The van der Waals surface area contributed by atoms with E-state index in [-0.39, 0.29) is 0 Å². The lowest BCUT2D eigenvalue weighted by atomic mass is 10.1. The van der Waals surface area contributed by atoms with Crippen LogP contribution in [0.5, 0.6) is 0 Å². The Balaban J connectivity index is 2.35. The maximum atomic E-state index is 5.55. The van der Waals surface area contributed by atoms with Gasteiger partial charge in [-0.2, -0.15) is 0 Å². The van der Waals surface area contributed by atoms with E-state index in [0.717, 1.165) is 49.8 Å². The maximum absolute atomic E-state index is 5.55. The summed E-state index contributed by atoms with van der Waals surface area (Å²) in [5.41, 5.74) is 1.77. The molecule has 84 valence electrons. The topological polar surface area (TPSA) is 38.2 Å². The fourth-order valence-electron chi connectivity index (χ4n) is 1.84. The molecule has 2 rings (SSSR count). The highest BCUT2D eigenvalue weighted by atomic mass is 16.5. The summed E-state index contributed by atoms with van der Waals surface area (Å²) in [5.74, 6) is 3.58. The Hall–Kier alpha value is -1.60. The molecule has 2 heterocycles. The normalized spacial score (nSPS) is 15.9. The SMILES string of the molecule is C#Cc1c(CC)ncnc1N1CCOCC1. The number of hydrogen-bond acceptors (Lipinski definition) is 4. The van der Waals surface area contributed by atoms with Crippen LogP contribution in [0, 0.1) is 12.3 Å². The van der Waals surface area contributed by atoms with Gasteiger partial charge in [0, 0.05) is 13.1 Å². The van der Waals surface area contributed by atoms with Crippen molar-refractivity contribution in [2.45, 2.75) is 13.3 Å². The number of nitrogens with zero attached hydrogens (tertiary/aromatic N) is 3. The Morgan fingerprint density at radius 3 is 2.81 bits per heavy atom. The first-order chi connectivity index (χ1) is 7.86. The minimum absolute atomic E-state index is 0.732. The molecule has 1 saturated heterocycles. The number of ether oxygens (including phenoxy) is 1. The van der Waals surface area contributed by atoms with Gasteiger partial charge in [0.2, 0.25) is 0 Å². The fourth-order valence-corrected chi connectivity index (χ4v) is 1.84. The molecule has 1 fully saturated rings. The first kappa shape index (κ1) is 10.9. The van der Waals surface area contributed by atoms with Crippen molar-refractivity contribution in [2.75, 3.05) is 31.2 Å². The van der Waals surface area contributed by atoms with Gasteiger partial charge in [-0.1, -0.05) is 12.8 Å². The summed E-state index contributed by atoms with van der Waals surface area (Å²) < 4.78 is 5.31. The number of anilines is 1. The van der Waals surface area contributed by atoms with Crippen molar-refractivity contribution >= 4 is 5.82 Å². The second-order valence-electron chi connectivity index (χ2n) is 3.62. The summed E-state index contributed by atoms with van der Waals surface area (Å²) >= 11 is 0. The number of terminal acetylenes is 1. The van der Waals surface area contributed by atoms with Crippen LogP contribution in [0.15, 0.2) is 6.33 Å². The molecule has 0 N–H and O–H groups in total. The van der Waals surface area contributed by atoms with E-state index in [1.165, 1.54) is 0 Å². The Bertz CT molecular complexity index is 405. The van der Waals surface area contributed by atoms with Crippen LogP contribution < -0.4 is 4.90 Å². The Morgan fingerprint density at radius 2 is 2.19 bits per heavy atom. The number of rotatable bonds is 2. The lowest BCUT2D eigenvalue weighted by Gasteiger charge is -2.28. The van der Waals surface area contributed by atoms with Gasteiger partial charge in [-0.05, 0) is 6.42 Å². The lowest BCUT2D eigenvalue weighted by molar-refractivity contribution is 0.122. The van der Waals surface area contributed by atoms with E-state index in [9.17, 15) is 0 Å². The minimum atomic E-state index is 0.732. The molecule has 16 heavy (non-hydrogen) atoms. The molecule has 0 bridgehead atoms. The average Bonchev–Trinajstić information content (AvgIpc) is 2.38. The molecule has 1 aromatic heterocycles. The molecular weight excluding hydrogens is 202 g/mol. The van der Waals surface area contributed by atoms with Crippen LogP contribution >= 0.6 is 0 Å². The van der Waals surface area contributed by atoms with Crippen molar-refractivity contribution in [2.24, 2.45) is 0 Å². The number of hydrogen-bond donors (Lipinski definition) is 0. The first-order valence-electron chi connectivity index (χ1n) is 5.50. The van der Waals surface area contributed by atoms with Gasteiger partial charge in [0.1, 0.15) is 12.1 Å². The average molecular weight is 217 g/mol. The Morgan fingerprint density at radius 1 is 1.44 bits per heavy atom. The van der Waals surface area contributed by atoms with E-state index >= 15 is 0 Å². The number of morpholine rings is 1. The molecule has 0 unspecified atom stereocenters. The Kier molecular flexibility index (Phi) is 3.37. The van der Waals surface area contributed by atoms with Crippen LogP contribution in [0.4, 0.5) is 5.82 Å². The first-order valence-corrected chi connectivity index (χ1v) is 5.50. The maximum Gasteiger partial charge on any atom is 0.148 e. The monoisotopic (exact) mass is 217 g/mol. The highest BCUT2D eigenvalue weighted by molar-refractivity contribution is 5.57. The minimum Gasteiger partial charge on any atom is -0.378 e. The molecule has 4 heteroatoms. The third-order valence-electron chi connectivity index (χ3n) is 2.70. The van der Waals surface area contributed by atoms with Crippen molar-refractivity contribution in [3.05, 3.63) is 17.6 Å². The van der Waals surface area contributed by atoms with Crippen molar-refractivity contribution in [3.8, 4) is 12.3 Å². The van der Waals surface area contributed by atoms with Gasteiger partial charge >= 0.3 is 0 Å². The van der Waals surface area contributed by atoms with Crippen LogP contribution in [0.1, 0.15) is 18.2 Å². The van der Waals surface area contributed by atoms with Crippen LogP contribution in [0.25, 0.3) is 0 Å². The van der Waals surface area contributed by atoms with E-state index < -0.39 is 0 Å². The molecule has 0 saturated carbocycles. The fraction of sp³-hybridized carbons (Fsp3) is 0.500. The zero-order valence-corrected chi connectivity index (χ0v) is 9.44. The summed E-state index contributed by atoms with van der Waals surface area (Å²) in [5, 5.41) is 0. The summed E-state index contributed by atoms with van der Waals surface area (Å²) in [6.45, 7) is 5.20. The quantitative estimate of drug-likeness (QED) is 0.689. The molecular formula is C12H15N3O. The zero-order chi connectivity index (χ0) is 11.4. The van der Waals surface area contributed by atoms with Gasteiger partial charge < -0.3 is 9.64 Å². The molecule has 4 nitrogen and oxygen atoms in total. The van der Waals surface area contributed by atoms with Crippen molar-refractivity contribution in [1.82, 2.24) is 9.97 Å². The van der Waals surface area contributed by atoms with Crippen LogP contribution in [0.3, 0.4) is 0 Å². The zero-order valence-electron chi connectivity index (χ0n) is 9.44. The van der Waals surface area contributed by atoms with E-state index in [4.69, 9.17) is 11.2 Å². The van der Waals surface area contributed by atoms with Crippen molar-refractivity contribution in [3.63, 3.8) is 0 Å². The molecule has 0 radical (unpaired) electrons. The molecule has 0 aliphatic carbocycles. The second-order valence-corrected chi connectivity index (χ2v) is 3.62. The van der Waals surface area contributed by atoms with E-state index in [2.05, 4.69) is 20.8 Å². The van der Waals surface area contributed by atoms with Gasteiger partial charge in [-0.15, -0.1) is 6.42 Å². The molecule has 1 aliphatic rings. The summed E-state index contributed by atoms with van der Waals surface area (Å²) in [6, 6.07) is 0. The highest BCUT2D eigenvalue weighted by Gasteiger charge is 2.17. The molecule has 0 spiro atoms. The third-order valence-corrected chi connectivity index (χ3v) is 2.70. The molecule has 0 amide bonds. The summed E-state index contributed by atoms with van der Waals surface area (Å²) in [4.78, 5) is 10.7. The van der Waals surface area contributed by atoms with Crippen LogP contribution in [-0.4, -0.2) is 36.3 Å². The largest absolute Gasteiger partial charge is 0.378 e. The summed E-state index contributed by atoms with van der Waals surface area (Å²) in [7, 11) is 0. The van der Waals surface area contributed by atoms with E-state index in [1.54, 1.807) is 6.33 Å². The molecule has 1 aromatic rings. The Labute approximate surface area is 95.7 Å².